The van der Waals surface area contributed by atoms with Gasteiger partial charge in [-0.05, 0) is 24.5 Å². The summed E-state index contributed by atoms with van der Waals surface area (Å²) in [5.74, 6) is 0. The third-order valence-corrected chi connectivity index (χ3v) is 5.82. The molecule has 0 aliphatic carbocycles. The van der Waals surface area contributed by atoms with Gasteiger partial charge < -0.3 is 10.1 Å². The highest BCUT2D eigenvalue weighted by molar-refractivity contribution is 7.09. The maximum atomic E-state index is 5.38. The van der Waals surface area contributed by atoms with E-state index >= 15 is 0 Å². The third kappa shape index (κ3) is 5.65. The molecule has 26 heavy (non-hydrogen) atoms. The lowest BCUT2D eigenvalue weighted by molar-refractivity contribution is 0.118. The standard InChI is InChI=1S/C19H27N3OS.2ClH/c1-4-15-5-7-16(8-6-15)18-11-20-9-10-22(18)12-17-13-24-19(21-17)14(2)23-3;;/h5-8,13-14,18,20H,4,9-12H2,1-3H3;2*1H. The highest BCUT2D eigenvalue weighted by Crippen LogP contribution is 2.26. The lowest BCUT2D eigenvalue weighted by atomic mass is 10.0. The van der Waals surface area contributed by atoms with Crippen LogP contribution in [0.4, 0.5) is 0 Å². The average Bonchev–Trinajstić information content (AvgIpc) is 3.10. The van der Waals surface area contributed by atoms with Crippen molar-refractivity contribution in [3.63, 3.8) is 0 Å². The van der Waals surface area contributed by atoms with Crippen LogP contribution in [-0.4, -0.2) is 36.6 Å². The molecule has 146 valence electrons. The number of thiazole rings is 1. The number of piperazine rings is 1. The lowest BCUT2D eigenvalue weighted by Crippen LogP contribution is -2.45. The summed E-state index contributed by atoms with van der Waals surface area (Å²) in [5.41, 5.74) is 3.93. The van der Waals surface area contributed by atoms with Gasteiger partial charge >= 0.3 is 0 Å². The van der Waals surface area contributed by atoms with Crippen molar-refractivity contribution in [2.24, 2.45) is 0 Å². The van der Waals surface area contributed by atoms with E-state index in [2.05, 4.69) is 46.8 Å². The Morgan fingerprint density at radius 2 is 2.04 bits per heavy atom. The van der Waals surface area contributed by atoms with Gasteiger partial charge in [0, 0.05) is 44.7 Å². The molecule has 1 aromatic carbocycles. The van der Waals surface area contributed by atoms with Gasteiger partial charge in [0.15, 0.2) is 0 Å². The first kappa shape index (κ1) is 23.3. The van der Waals surface area contributed by atoms with E-state index in [0.29, 0.717) is 6.04 Å². The second-order valence-electron chi connectivity index (χ2n) is 6.34. The number of ether oxygens (including phenoxy) is 1. The first-order valence-corrected chi connectivity index (χ1v) is 9.60. The Balaban J connectivity index is 0.00000169. The van der Waals surface area contributed by atoms with E-state index in [-0.39, 0.29) is 30.9 Å². The zero-order valence-corrected chi connectivity index (χ0v) is 18.1. The van der Waals surface area contributed by atoms with Gasteiger partial charge in [0.1, 0.15) is 11.1 Å². The highest BCUT2D eigenvalue weighted by Gasteiger charge is 2.24. The second-order valence-corrected chi connectivity index (χ2v) is 7.23. The summed E-state index contributed by atoms with van der Waals surface area (Å²) in [5, 5.41) is 6.76. The summed E-state index contributed by atoms with van der Waals surface area (Å²) in [4.78, 5) is 7.30. The van der Waals surface area contributed by atoms with Gasteiger partial charge in [0.05, 0.1) is 5.69 Å². The van der Waals surface area contributed by atoms with Crippen molar-refractivity contribution in [2.75, 3.05) is 26.7 Å². The Kier molecular flexibility index (Phi) is 10.1. The van der Waals surface area contributed by atoms with Crippen molar-refractivity contribution in [1.82, 2.24) is 15.2 Å². The number of nitrogens with zero attached hydrogens (tertiary/aromatic N) is 2. The Hall–Kier alpha value is -0.690. The number of methoxy groups -OCH3 is 1. The van der Waals surface area contributed by atoms with Gasteiger partial charge in [-0.2, -0.15) is 0 Å². The summed E-state index contributed by atoms with van der Waals surface area (Å²) >= 11 is 1.69. The van der Waals surface area contributed by atoms with Crippen molar-refractivity contribution < 1.29 is 4.74 Å². The van der Waals surface area contributed by atoms with Crippen LogP contribution >= 0.6 is 36.2 Å². The molecule has 1 aliphatic heterocycles. The van der Waals surface area contributed by atoms with E-state index in [1.807, 2.05) is 6.92 Å². The van der Waals surface area contributed by atoms with Crippen molar-refractivity contribution in [3.05, 3.63) is 51.5 Å². The van der Waals surface area contributed by atoms with Crippen LogP contribution in [-0.2, 0) is 17.7 Å². The van der Waals surface area contributed by atoms with Gasteiger partial charge in [-0.25, -0.2) is 4.98 Å². The molecule has 0 saturated carbocycles. The first-order chi connectivity index (χ1) is 11.7. The fraction of sp³-hybridized carbons (Fsp3) is 0.526. The van der Waals surface area contributed by atoms with E-state index in [4.69, 9.17) is 9.72 Å². The molecule has 2 heterocycles. The molecule has 4 nitrogen and oxygen atoms in total. The number of aryl methyl sites for hydroxylation is 1. The molecule has 2 atom stereocenters. The molecule has 1 aliphatic rings. The fourth-order valence-corrected chi connectivity index (χ4v) is 3.97. The highest BCUT2D eigenvalue weighted by atomic mass is 35.5. The summed E-state index contributed by atoms with van der Waals surface area (Å²) in [6, 6.07) is 9.48. The van der Waals surface area contributed by atoms with E-state index < -0.39 is 0 Å². The number of hydrogen-bond acceptors (Lipinski definition) is 5. The molecule has 1 N–H and O–H groups in total. The SMILES string of the molecule is CCc1ccc(C2CNCCN2Cc2csc(C(C)OC)n2)cc1.Cl.Cl. The van der Waals surface area contributed by atoms with Gasteiger partial charge in [-0.1, -0.05) is 31.2 Å². The Morgan fingerprint density at radius 1 is 1.31 bits per heavy atom. The maximum absolute atomic E-state index is 5.38. The molecule has 2 aromatic rings. The molecule has 1 fully saturated rings. The number of hydrogen-bond donors (Lipinski definition) is 1. The van der Waals surface area contributed by atoms with Crippen LogP contribution in [0.15, 0.2) is 29.6 Å². The van der Waals surface area contributed by atoms with Crippen LogP contribution in [0.25, 0.3) is 0 Å². The summed E-state index contributed by atoms with van der Waals surface area (Å²) in [6.45, 7) is 8.23. The number of aromatic nitrogens is 1. The molecule has 3 rings (SSSR count). The summed E-state index contributed by atoms with van der Waals surface area (Å²) in [7, 11) is 1.73. The number of nitrogens with one attached hydrogen (secondary N) is 1. The first-order valence-electron chi connectivity index (χ1n) is 8.72. The number of benzene rings is 1. The minimum absolute atomic E-state index is 0. The number of rotatable bonds is 6. The molecule has 1 aromatic heterocycles. The van der Waals surface area contributed by atoms with Crippen LogP contribution in [0.2, 0.25) is 0 Å². The fourth-order valence-electron chi connectivity index (χ4n) is 3.13. The van der Waals surface area contributed by atoms with Crippen molar-refractivity contribution in [2.45, 2.75) is 39.0 Å². The minimum atomic E-state index is 0. The van der Waals surface area contributed by atoms with Crippen LogP contribution in [0.3, 0.4) is 0 Å². The van der Waals surface area contributed by atoms with E-state index in [1.54, 1.807) is 18.4 Å². The van der Waals surface area contributed by atoms with Gasteiger partial charge in [-0.3, -0.25) is 4.90 Å². The van der Waals surface area contributed by atoms with Crippen LogP contribution < -0.4 is 5.32 Å². The molecule has 0 amide bonds. The average molecular weight is 418 g/mol. The molecular formula is C19H29Cl2N3OS. The van der Waals surface area contributed by atoms with Gasteiger partial charge in [0.2, 0.25) is 0 Å². The monoisotopic (exact) mass is 417 g/mol. The van der Waals surface area contributed by atoms with Crippen LogP contribution in [0.1, 0.15) is 47.8 Å². The van der Waals surface area contributed by atoms with E-state index in [9.17, 15) is 0 Å². The topological polar surface area (TPSA) is 37.4 Å². The summed E-state index contributed by atoms with van der Waals surface area (Å²) < 4.78 is 5.38. The van der Waals surface area contributed by atoms with Gasteiger partial charge in [-0.15, -0.1) is 36.2 Å². The molecule has 7 heteroatoms. The van der Waals surface area contributed by atoms with E-state index in [1.165, 1.54) is 11.1 Å². The lowest BCUT2D eigenvalue weighted by Gasteiger charge is -2.36. The predicted octanol–water partition coefficient (Wildman–Crippen LogP) is 4.40. The molecule has 0 spiro atoms. The van der Waals surface area contributed by atoms with Crippen molar-refractivity contribution in [3.8, 4) is 0 Å². The Bertz CT molecular complexity index is 650. The van der Waals surface area contributed by atoms with Crippen LogP contribution in [0.5, 0.6) is 0 Å². The summed E-state index contributed by atoms with van der Waals surface area (Å²) in [6.07, 6.45) is 1.16. The van der Waals surface area contributed by atoms with Gasteiger partial charge in [0.25, 0.3) is 0 Å². The molecular weight excluding hydrogens is 389 g/mol. The normalized spacial score (nSPS) is 18.7. The zero-order chi connectivity index (χ0) is 16.9. The zero-order valence-electron chi connectivity index (χ0n) is 15.6. The third-order valence-electron chi connectivity index (χ3n) is 4.76. The molecule has 0 bridgehead atoms. The minimum Gasteiger partial charge on any atom is -0.375 e. The maximum Gasteiger partial charge on any atom is 0.122 e. The Labute approximate surface area is 173 Å². The van der Waals surface area contributed by atoms with E-state index in [0.717, 1.165) is 43.3 Å². The molecule has 2 unspecified atom stereocenters. The molecule has 1 saturated heterocycles. The Morgan fingerprint density at radius 3 is 2.69 bits per heavy atom. The van der Waals surface area contributed by atoms with Crippen molar-refractivity contribution in [1.29, 1.82) is 0 Å². The predicted molar refractivity (Wildman–Crippen MR) is 114 cm³/mol. The quantitative estimate of drug-likeness (QED) is 0.755. The van der Waals surface area contributed by atoms with Crippen LogP contribution in [0, 0.1) is 0 Å². The van der Waals surface area contributed by atoms with Crippen molar-refractivity contribution >= 4 is 36.2 Å². The largest absolute Gasteiger partial charge is 0.375 e. The number of halogens is 2. The smallest absolute Gasteiger partial charge is 0.122 e. The second kappa shape index (κ2) is 11.2. The molecule has 0 radical (unpaired) electrons.